The van der Waals surface area contributed by atoms with Crippen LogP contribution in [0.3, 0.4) is 0 Å². The lowest BCUT2D eigenvalue weighted by Crippen LogP contribution is -2.57. The van der Waals surface area contributed by atoms with Crippen molar-refractivity contribution in [3.05, 3.63) is 0 Å². The highest BCUT2D eigenvalue weighted by Crippen LogP contribution is 2.32. The molecule has 3 nitrogen and oxygen atoms in total. The van der Waals surface area contributed by atoms with E-state index in [4.69, 9.17) is 4.74 Å². The molecule has 0 bridgehead atoms. The molecule has 1 unspecified atom stereocenters. The lowest BCUT2D eigenvalue weighted by atomic mass is 9.77. The molecule has 0 N–H and O–H groups in total. The van der Waals surface area contributed by atoms with Crippen molar-refractivity contribution in [3.63, 3.8) is 0 Å². The second kappa shape index (κ2) is 6.16. The van der Waals surface area contributed by atoms with Crippen LogP contribution in [-0.2, 0) is 9.53 Å². The molecule has 3 heteroatoms. The van der Waals surface area contributed by atoms with Gasteiger partial charge in [-0.15, -0.1) is 0 Å². The first-order valence-corrected chi connectivity index (χ1v) is 7.55. The number of hydrogen-bond donors (Lipinski definition) is 0. The van der Waals surface area contributed by atoms with Gasteiger partial charge in [-0.1, -0.05) is 26.2 Å². The maximum atomic E-state index is 12.9. The predicted molar refractivity (Wildman–Crippen MR) is 72.7 cm³/mol. The molecule has 0 aromatic carbocycles. The number of Topliss-reactive ketones (excluding diaryl/α,β-unsaturated/α-hetero) is 1. The lowest BCUT2D eigenvalue weighted by Gasteiger charge is -2.43. The van der Waals surface area contributed by atoms with Gasteiger partial charge in [-0.05, 0) is 26.2 Å². The summed E-state index contributed by atoms with van der Waals surface area (Å²) in [7, 11) is 0. The SMILES string of the molecule is CCC(C)(C(=O)C1CCCCC1)N1CCOCC1. The van der Waals surface area contributed by atoms with Crippen LogP contribution in [-0.4, -0.2) is 42.5 Å². The number of ether oxygens (including phenoxy) is 1. The molecule has 0 radical (unpaired) electrons. The monoisotopic (exact) mass is 253 g/mol. The van der Waals surface area contributed by atoms with E-state index in [1.165, 1.54) is 19.3 Å². The zero-order valence-electron chi connectivity index (χ0n) is 11.9. The molecule has 0 amide bonds. The standard InChI is InChI=1S/C15H27NO2/c1-3-15(2,16-9-11-18-12-10-16)14(17)13-7-5-4-6-8-13/h13H,3-12H2,1-2H3. The molecule has 0 spiro atoms. The maximum Gasteiger partial charge on any atom is 0.155 e. The molecule has 0 aromatic heterocycles. The minimum absolute atomic E-state index is 0.258. The van der Waals surface area contributed by atoms with Gasteiger partial charge >= 0.3 is 0 Å². The van der Waals surface area contributed by atoms with Crippen molar-refractivity contribution in [3.8, 4) is 0 Å². The average Bonchev–Trinajstić information content (AvgIpc) is 2.47. The Morgan fingerprint density at radius 2 is 1.83 bits per heavy atom. The Labute approximate surface area is 111 Å². The van der Waals surface area contributed by atoms with Crippen molar-refractivity contribution in [2.24, 2.45) is 5.92 Å². The lowest BCUT2D eigenvalue weighted by molar-refractivity contribution is -0.139. The van der Waals surface area contributed by atoms with E-state index in [1.54, 1.807) is 0 Å². The largest absolute Gasteiger partial charge is 0.379 e. The maximum absolute atomic E-state index is 12.9. The van der Waals surface area contributed by atoms with Gasteiger partial charge in [0.15, 0.2) is 5.78 Å². The van der Waals surface area contributed by atoms with Gasteiger partial charge in [0.1, 0.15) is 0 Å². The van der Waals surface area contributed by atoms with Gasteiger partial charge in [0.2, 0.25) is 0 Å². The van der Waals surface area contributed by atoms with E-state index in [2.05, 4.69) is 18.7 Å². The first-order valence-electron chi connectivity index (χ1n) is 7.55. The quantitative estimate of drug-likeness (QED) is 0.771. The number of morpholine rings is 1. The molecule has 2 aliphatic rings. The van der Waals surface area contributed by atoms with Crippen molar-refractivity contribution in [1.29, 1.82) is 0 Å². The summed E-state index contributed by atoms with van der Waals surface area (Å²) in [4.78, 5) is 15.2. The molecule has 1 aliphatic carbocycles. The van der Waals surface area contributed by atoms with Gasteiger partial charge in [0, 0.05) is 19.0 Å². The second-order valence-corrected chi connectivity index (χ2v) is 5.93. The summed E-state index contributed by atoms with van der Waals surface area (Å²) in [5.41, 5.74) is -0.258. The minimum atomic E-state index is -0.258. The van der Waals surface area contributed by atoms with Crippen molar-refractivity contribution in [1.82, 2.24) is 4.90 Å². The van der Waals surface area contributed by atoms with Crippen LogP contribution in [0.4, 0.5) is 0 Å². The number of nitrogens with zero attached hydrogens (tertiary/aromatic N) is 1. The van der Waals surface area contributed by atoms with E-state index >= 15 is 0 Å². The zero-order valence-corrected chi connectivity index (χ0v) is 11.9. The third-order valence-corrected chi connectivity index (χ3v) is 4.90. The number of hydrogen-bond acceptors (Lipinski definition) is 3. The fourth-order valence-electron chi connectivity index (χ4n) is 3.42. The van der Waals surface area contributed by atoms with E-state index in [9.17, 15) is 4.79 Å². The first kappa shape index (κ1) is 14.0. The molecule has 1 heterocycles. The van der Waals surface area contributed by atoms with Crippen LogP contribution in [0.15, 0.2) is 0 Å². The molecule has 104 valence electrons. The Bertz CT molecular complexity index is 280. The van der Waals surface area contributed by atoms with E-state index in [0.29, 0.717) is 11.7 Å². The van der Waals surface area contributed by atoms with E-state index in [1.807, 2.05) is 0 Å². The smallest absolute Gasteiger partial charge is 0.155 e. The zero-order chi connectivity index (χ0) is 13.0. The summed E-state index contributed by atoms with van der Waals surface area (Å²) in [5.74, 6) is 0.804. The first-order chi connectivity index (χ1) is 8.68. The summed E-state index contributed by atoms with van der Waals surface area (Å²) in [6.45, 7) is 7.65. The Morgan fingerprint density at radius 1 is 1.22 bits per heavy atom. The summed E-state index contributed by atoms with van der Waals surface area (Å²) >= 11 is 0. The molecule has 1 saturated carbocycles. The number of ketones is 1. The van der Waals surface area contributed by atoms with Crippen molar-refractivity contribution < 1.29 is 9.53 Å². The highest BCUT2D eigenvalue weighted by molar-refractivity contribution is 5.90. The third-order valence-electron chi connectivity index (χ3n) is 4.90. The van der Waals surface area contributed by atoms with Gasteiger partial charge in [-0.25, -0.2) is 0 Å². The Hall–Kier alpha value is -0.410. The van der Waals surface area contributed by atoms with Gasteiger partial charge in [0.25, 0.3) is 0 Å². The Kier molecular flexibility index (Phi) is 4.79. The van der Waals surface area contributed by atoms with Gasteiger partial charge in [-0.2, -0.15) is 0 Å². The van der Waals surface area contributed by atoms with Crippen LogP contribution in [0.25, 0.3) is 0 Å². The van der Waals surface area contributed by atoms with E-state index in [0.717, 1.165) is 45.6 Å². The number of rotatable bonds is 4. The van der Waals surface area contributed by atoms with Crippen LogP contribution in [0.2, 0.25) is 0 Å². The summed E-state index contributed by atoms with van der Waals surface area (Å²) < 4.78 is 5.41. The molecule has 2 fully saturated rings. The van der Waals surface area contributed by atoms with Gasteiger partial charge < -0.3 is 4.74 Å². The third kappa shape index (κ3) is 2.77. The number of carbonyl (C=O) groups is 1. The predicted octanol–water partition coefficient (Wildman–Crippen LogP) is 2.64. The average molecular weight is 253 g/mol. The number of carbonyl (C=O) groups excluding carboxylic acids is 1. The van der Waals surface area contributed by atoms with E-state index < -0.39 is 0 Å². The molecule has 1 atom stereocenters. The summed E-state index contributed by atoms with van der Waals surface area (Å²) in [6, 6.07) is 0. The molecule has 18 heavy (non-hydrogen) atoms. The topological polar surface area (TPSA) is 29.5 Å². The van der Waals surface area contributed by atoms with Crippen molar-refractivity contribution >= 4 is 5.78 Å². The summed E-state index contributed by atoms with van der Waals surface area (Å²) in [6.07, 6.45) is 6.92. The van der Waals surface area contributed by atoms with Crippen LogP contribution in [0, 0.1) is 5.92 Å². The molecule has 2 rings (SSSR count). The molecular weight excluding hydrogens is 226 g/mol. The van der Waals surface area contributed by atoms with Gasteiger partial charge in [-0.3, -0.25) is 9.69 Å². The fraction of sp³-hybridized carbons (Fsp3) is 0.933. The van der Waals surface area contributed by atoms with Crippen LogP contribution < -0.4 is 0 Å². The van der Waals surface area contributed by atoms with Crippen LogP contribution >= 0.6 is 0 Å². The molecule has 1 saturated heterocycles. The van der Waals surface area contributed by atoms with Crippen molar-refractivity contribution in [2.45, 2.75) is 57.9 Å². The van der Waals surface area contributed by atoms with Crippen LogP contribution in [0.1, 0.15) is 52.4 Å². The van der Waals surface area contributed by atoms with Gasteiger partial charge in [0.05, 0.1) is 18.8 Å². The normalized spacial score (nSPS) is 26.8. The molecule has 1 aliphatic heterocycles. The second-order valence-electron chi connectivity index (χ2n) is 5.93. The highest BCUT2D eigenvalue weighted by Gasteiger charge is 2.41. The Morgan fingerprint density at radius 3 is 2.39 bits per heavy atom. The fourth-order valence-corrected chi connectivity index (χ4v) is 3.42. The summed E-state index contributed by atoms with van der Waals surface area (Å²) in [5, 5.41) is 0. The minimum Gasteiger partial charge on any atom is -0.379 e. The van der Waals surface area contributed by atoms with E-state index in [-0.39, 0.29) is 5.54 Å². The Balaban J connectivity index is 2.06. The van der Waals surface area contributed by atoms with Crippen LogP contribution in [0.5, 0.6) is 0 Å². The van der Waals surface area contributed by atoms with Crippen molar-refractivity contribution in [2.75, 3.05) is 26.3 Å². The molecular formula is C15H27NO2. The highest BCUT2D eigenvalue weighted by atomic mass is 16.5. The molecule has 0 aromatic rings.